The predicted octanol–water partition coefficient (Wildman–Crippen LogP) is 5.29. The zero-order valence-electron chi connectivity index (χ0n) is 18.4. The Balaban J connectivity index is 1.18. The van der Waals surface area contributed by atoms with Gasteiger partial charge in [0.2, 0.25) is 11.8 Å². The highest BCUT2D eigenvalue weighted by molar-refractivity contribution is 6.40. The second-order valence-electron chi connectivity index (χ2n) is 9.03. The van der Waals surface area contributed by atoms with Crippen LogP contribution < -0.4 is 15.0 Å². The number of fused-ring (bicyclic) bond motifs is 2. The van der Waals surface area contributed by atoms with E-state index in [1.54, 1.807) is 18.2 Å². The van der Waals surface area contributed by atoms with Crippen molar-refractivity contribution in [2.75, 3.05) is 30.0 Å². The van der Waals surface area contributed by atoms with Crippen LogP contribution in [0.25, 0.3) is 0 Å². The number of aromatic nitrogens is 2. The number of nitrogens with one attached hydrogen (secondary N) is 1. The number of halogens is 2. The monoisotopic (exact) mass is 495 g/mol. The molecule has 6 rings (SSSR count). The molecule has 1 aliphatic carbocycles. The number of carbonyl (C=O) groups is 1. The highest BCUT2D eigenvalue weighted by Crippen LogP contribution is 2.37. The van der Waals surface area contributed by atoms with Gasteiger partial charge in [-0.2, -0.15) is 4.98 Å². The number of carbonyl (C=O) groups excluding carboxylic acids is 1. The van der Waals surface area contributed by atoms with Gasteiger partial charge in [0, 0.05) is 31.5 Å². The van der Waals surface area contributed by atoms with Gasteiger partial charge >= 0.3 is 0 Å². The van der Waals surface area contributed by atoms with E-state index in [-0.39, 0.29) is 24.1 Å². The number of ether oxygens (including phenoxy) is 1. The van der Waals surface area contributed by atoms with E-state index in [1.165, 1.54) is 41.6 Å². The maximum atomic E-state index is 13.1. The van der Waals surface area contributed by atoms with Crippen molar-refractivity contribution in [1.82, 2.24) is 14.9 Å². The maximum Gasteiger partial charge on any atom is 0.268 e. The van der Waals surface area contributed by atoms with Crippen LogP contribution in [-0.4, -0.2) is 40.6 Å². The van der Waals surface area contributed by atoms with E-state index in [9.17, 15) is 4.79 Å². The van der Waals surface area contributed by atoms with E-state index in [1.807, 2.05) is 0 Å². The summed E-state index contributed by atoms with van der Waals surface area (Å²) >= 11 is 12.6. The summed E-state index contributed by atoms with van der Waals surface area (Å²) in [6.07, 6.45) is 5.28. The smallest absolute Gasteiger partial charge is 0.268 e. The van der Waals surface area contributed by atoms with E-state index in [2.05, 4.69) is 38.4 Å². The molecule has 0 saturated heterocycles. The van der Waals surface area contributed by atoms with Crippen LogP contribution in [0.1, 0.15) is 34.3 Å². The van der Waals surface area contributed by atoms with Gasteiger partial charge in [-0.1, -0.05) is 35.3 Å². The van der Waals surface area contributed by atoms with Crippen molar-refractivity contribution in [1.29, 1.82) is 0 Å². The minimum absolute atomic E-state index is 0.0397. The Morgan fingerprint density at radius 2 is 1.94 bits per heavy atom. The molecular weight excluding hydrogens is 473 g/mol. The normalized spacial score (nSPS) is 17.7. The molecule has 3 aromatic rings. The molecule has 34 heavy (non-hydrogen) atoms. The standard InChI is InChI=1S/C25H23Cl2N5O2/c26-20-2-1-3-21(27)22(20)32-14-34-23-19(24(32)33)11-28-25(30-23)29-18-7-6-17-13-31(12-15-4-5-15)9-8-16(17)10-18/h1-3,6-7,10-11,15H,4-5,8-9,12-14H2,(H,28,29,30). The predicted molar refractivity (Wildman–Crippen MR) is 132 cm³/mol. The molecule has 7 nitrogen and oxygen atoms in total. The van der Waals surface area contributed by atoms with E-state index in [0.29, 0.717) is 21.7 Å². The highest BCUT2D eigenvalue weighted by Gasteiger charge is 2.31. The molecule has 1 N–H and O–H groups in total. The van der Waals surface area contributed by atoms with Crippen LogP contribution in [0.2, 0.25) is 10.0 Å². The van der Waals surface area contributed by atoms with Crippen LogP contribution in [-0.2, 0) is 13.0 Å². The van der Waals surface area contributed by atoms with E-state index >= 15 is 0 Å². The van der Waals surface area contributed by atoms with Crippen LogP contribution in [0.5, 0.6) is 5.88 Å². The number of benzene rings is 2. The molecule has 1 fully saturated rings. The Bertz CT molecular complexity index is 1260. The van der Waals surface area contributed by atoms with Crippen LogP contribution in [0.3, 0.4) is 0 Å². The van der Waals surface area contributed by atoms with Crippen molar-refractivity contribution in [3.63, 3.8) is 0 Å². The summed E-state index contributed by atoms with van der Waals surface area (Å²) in [7, 11) is 0. The average Bonchev–Trinajstić information content (AvgIpc) is 3.64. The van der Waals surface area contributed by atoms with Crippen molar-refractivity contribution in [2.45, 2.75) is 25.8 Å². The number of nitrogens with zero attached hydrogens (tertiary/aromatic N) is 4. The highest BCUT2D eigenvalue weighted by atomic mass is 35.5. The van der Waals surface area contributed by atoms with Crippen molar-refractivity contribution in [3.8, 4) is 5.88 Å². The molecule has 1 saturated carbocycles. The van der Waals surface area contributed by atoms with E-state index in [4.69, 9.17) is 27.9 Å². The molecule has 1 amide bonds. The minimum atomic E-state index is -0.313. The second-order valence-corrected chi connectivity index (χ2v) is 9.84. The number of hydrogen-bond donors (Lipinski definition) is 1. The van der Waals surface area contributed by atoms with Gasteiger partial charge < -0.3 is 10.1 Å². The molecule has 0 spiro atoms. The van der Waals surface area contributed by atoms with Crippen molar-refractivity contribution in [3.05, 3.63) is 69.3 Å². The second kappa shape index (κ2) is 8.73. The zero-order chi connectivity index (χ0) is 23.2. The zero-order valence-corrected chi connectivity index (χ0v) is 19.9. The summed E-state index contributed by atoms with van der Waals surface area (Å²) in [4.78, 5) is 25.8. The van der Waals surface area contributed by atoms with Gasteiger partial charge in [-0.3, -0.25) is 14.6 Å². The van der Waals surface area contributed by atoms with Gasteiger partial charge in [-0.25, -0.2) is 4.98 Å². The Kier molecular flexibility index (Phi) is 5.56. The fraction of sp³-hybridized carbons (Fsp3) is 0.320. The average molecular weight is 496 g/mol. The summed E-state index contributed by atoms with van der Waals surface area (Å²) < 4.78 is 5.78. The molecule has 9 heteroatoms. The topological polar surface area (TPSA) is 70.6 Å². The van der Waals surface area contributed by atoms with Gasteiger partial charge in [-0.15, -0.1) is 0 Å². The third kappa shape index (κ3) is 4.19. The molecule has 174 valence electrons. The van der Waals surface area contributed by atoms with Crippen molar-refractivity contribution in [2.24, 2.45) is 5.92 Å². The first-order chi connectivity index (χ1) is 16.5. The van der Waals surface area contributed by atoms with Gasteiger partial charge in [0.05, 0.1) is 15.7 Å². The molecule has 0 radical (unpaired) electrons. The van der Waals surface area contributed by atoms with Gasteiger partial charge in [0.25, 0.3) is 5.91 Å². The van der Waals surface area contributed by atoms with Crippen LogP contribution in [0, 0.1) is 5.92 Å². The van der Waals surface area contributed by atoms with Crippen LogP contribution in [0.15, 0.2) is 42.6 Å². The van der Waals surface area contributed by atoms with E-state index in [0.717, 1.165) is 31.1 Å². The van der Waals surface area contributed by atoms with Crippen molar-refractivity contribution < 1.29 is 9.53 Å². The summed E-state index contributed by atoms with van der Waals surface area (Å²) in [5.41, 5.74) is 4.33. The minimum Gasteiger partial charge on any atom is -0.455 e. The third-order valence-corrected chi connectivity index (χ3v) is 7.14. The molecule has 2 aromatic carbocycles. The summed E-state index contributed by atoms with van der Waals surface area (Å²) in [6.45, 7) is 3.30. The third-order valence-electron chi connectivity index (χ3n) is 6.53. The molecule has 3 aliphatic rings. The molecule has 2 aliphatic heterocycles. The molecule has 0 bridgehead atoms. The number of amides is 1. The maximum absolute atomic E-state index is 13.1. The lowest BCUT2D eigenvalue weighted by atomic mass is 9.99. The first-order valence-electron chi connectivity index (χ1n) is 11.4. The fourth-order valence-corrected chi connectivity index (χ4v) is 5.17. The lowest BCUT2D eigenvalue weighted by molar-refractivity contribution is 0.0932. The molecule has 0 unspecified atom stereocenters. The number of rotatable bonds is 5. The fourth-order valence-electron chi connectivity index (χ4n) is 4.57. The first-order valence-corrected chi connectivity index (χ1v) is 12.2. The number of anilines is 3. The quantitative estimate of drug-likeness (QED) is 0.518. The number of hydrogen-bond acceptors (Lipinski definition) is 6. The Hall–Kier alpha value is -2.87. The Labute approximate surface area is 207 Å². The summed E-state index contributed by atoms with van der Waals surface area (Å²) in [5.74, 6) is 1.20. The molecule has 0 atom stereocenters. The van der Waals surface area contributed by atoms with Crippen LogP contribution >= 0.6 is 23.2 Å². The summed E-state index contributed by atoms with van der Waals surface area (Å²) in [6, 6.07) is 11.5. The SMILES string of the molecule is O=C1c2cnc(Nc3ccc4c(c3)CCN(CC3CC3)C4)nc2OCN1c1c(Cl)cccc1Cl. The molecular formula is C25H23Cl2N5O2. The Morgan fingerprint density at radius 3 is 2.74 bits per heavy atom. The lowest BCUT2D eigenvalue weighted by Gasteiger charge is -2.29. The number of para-hydroxylation sites is 1. The van der Waals surface area contributed by atoms with Crippen molar-refractivity contribution >= 4 is 46.4 Å². The molecule has 1 aromatic heterocycles. The molecule has 3 heterocycles. The van der Waals surface area contributed by atoms with Crippen LogP contribution in [0.4, 0.5) is 17.3 Å². The lowest BCUT2D eigenvalue weighted by Crippen LogP contribution is -2.39. The van der Waals surface area contributed by atoms with Gasteiger partial charge in [-0.05, 0) is 60.6 Å². The first kappa shape index (κ1) is 21.6. The summed E-state index contributed by atoms with van der Waals surface area (Å²) in [5, 5.41) is 3.99. The van der Waals surface area contributed by atoms with E-state index < -0.39 is 0 Å². The largest absolute Gasteiger partial charge is 0.455 e. The van der Waals surface area contributed by atoms with Gasteiger partial charge in [0.1, 0.15) is 5.56 Å². The van der Waals surface area contributed by atoms with Gasteiger partial charge in [0.15, 0.2) is 6.73 Å². The Morgan fingerprint density at radius 1 is 1.12 bits per heavy atom.